The van der Waals surface area contributed by atoms with Gasteiger partial charge in [0.1, 0.15) is 5.60 Å². The van der Waals surface area contributed by atoms with Crippen LogP contribution in [0, 0.1) is 0 Å². The number of aliphatic hydroxyl groups is 1. The summed E-state index contributed by atoms with van der Waals surface area (Å²) in [7, 11) is 0. The lowest BCUT2D eigenvalue weighted by atomic mass is 9.96. The molecule has 0 aliphatic carbocycles. The number of ether oxygens (including phenoxy) is 1. The smallest absolute Gasteiger partial charge is 0.105 e. The zero-order valence-corrected chi connectivity index (χ0v) is 9.77. The zero-order valence-electron chi connectivity index (χ0n) is 9.77. The molecule has 3 atom stereocenters. The quantitative estimate of drug-likeness (QED) is 0.814. The van der Waals surface area contributed by atoms with Crippen LogP contribution in [0.15, 0.2) is 23.0 Å². The first kappa shape index (κ1) is 11.6. The normalized spacial score (nSPS) is 31.8. The van der Waals surface area contributed by atoms with Gasteiger partial charge in [-0.3, -0.25) is 0 Å². The molecular formula is C12H19NO3. The standard InChI is InChI=1S/C12H19NO3/c1-9(11-3-5-15-7-11)13-8-12(14)4-6-16-10(12)2/h3,5,7,9-10,13-14H,4,6,8H2,1-2H3. The van der Waals surface area contributed by atoms with E-state index >= 15 is 0 Å². The van der Waals surface area contributed by atoms with E-state index in [1.54, 1.807) is 12.5 Å². The molecule has 0 saturated carbocycles. The van der Waals surface area contributed by atoms with Crippen molar-refractivity contribution in [2.75, 3.05) is 13.2 Å². The number of nitrogens with one attached hydrogen (secondary N) is 1. The van der Waals surface area contributed by atoms with Crippen molar-refractivity contribution in [3.63, 3.8) is 0 Å². The molecule has 2 N–H and O–H groups in total. The summed E-state index contributed by atoms with van der Waals surface area (Å²) in [6.45, 7) is 5.14. The summed E-state index contributed by atoms with van der Waals surface area (Å²) in [4.78, 5) is 0. The third kappa shape index (κ3) is 2.29. The third-order valence-electron chi connectivity index (χ3n) is 3.42. The van der Waals surface area contributed by atoms with E-state index in [-0.39, 0.29) is 12.1 Å². The minimum Gasteiger partial charge on any atom is -0.472 e. The predicted molar refractivity (Wildman–Crippen MR) is 60.1 cm³/mol. The van der Waals surface area contributed by atoms with Crippen LogP contribution in [0.3, 0.4) is 0 Å². The molecule has 2 heterocycles. The number of hydrogen-bond donors (Lipinski definition) is 2. The van der Waals surface area contributed by atoms with Gasteiger partial charge < -0.3 is 19.6 Å². The second kappa shape index (κ2) is 4.57. The molecule has 1 aliphatic rings. The van der Waals surface area contributed by atoms with Crippen LogP contribution >= 0.6 is 0 Å². The van der Waals surface area contributed by atoms with Crippen molar-refractivity contribution in [3.8, 4) is 0 Å². The van der Waals surface area contributed by atoms with Crippen molar-refractivity contribution >= 4 is 0 Å². The summed E-state index contributed by atoms with van der Waals surface area (Å²) in [6.07, 6.45) is 3.97. The lowest BCUT2D eigenvalue weighted by Crippen LogP contribution is -2.46. The molecule has 0 spiro atoms. The van der Waals surface area contributed by atoms with Crippen molar-refractivity contribution in [2.45, 2.75) is 38.0 Å². The highest BCUT2D eigenvalue weighted by Gasteiger charge is 2.39. The van der Waals surface area contributed by atoms with Gasteiger partial charge in [0.25, 0.3) is 0 Å². The van der Waals surface area contributed by atoms with Gasteiger partial charge in [-0.25, -0.2) is 0 Å². The third-order valence-corrected chi connectivity index (χ3v) is 3.42. The first-order chi connectivity index (χ1) is 7.62. The number of rotatable bonds is 4. The Bertz CT molecular complexity index is 325. The molecule has 4 nitrogen and oxygen atoms in total. The minimum atomic E-state index is -0.738. The molecule has 90 valence electrons. The maximum absolute atomic E-state index is 10.3. The number of furan rings is 1. The lowest BCUT2D eigenvalue weighted by molar-refractivity contribution is -0.0274. The highest BCUT2D eigenvalue weighted by atomic mass is 16.5. The van der Waals surface area contributed by atoms with Crippen LogP contribution in [0.25, 0.3) is 0 Å². The Morgan fingerprint density at radius 3 is 3.06 bits per heavy atom. The van der Waals surface area contributed by atoms with Crippen LogP contribution in [-0.4, -0.2) is 30.0 Å². The summed E-state index contributed by atoms with van der Waals surface area (Å²) < 4.78 is 10.4. The molecule has 0 aromatic carbocycles. The zero-order chi connectivity index (χ0) is 11.6. The van der Waals surface area contributed by atoms with Crippen molar-refractivity contribution < 1.29 is 14.3 Å². The van der Waals surface area contributed by atoms with Crippen LogP contribution < -0.4 is 5.32 Å². The average Bonchev–Trinajstić information content (AvgIpc) is 2.87. The maximum atomic E-state index is 10.3. The molecule has 1 fully saturated rings. The monoisotopic (exact) mass is 225 g/mol. The molecule has 1 aliphatic heterocycles. The van der Waals surface area contributed by atoms with Gasteiger partial charge in [0.2, 0.25) is 0 Å². The molecule has 1 aromatic rings. The second-order valence-corrected chi connectivity index (χ2v) is 4.53. The number of hydrogen-bond acceptors (Lipinski definition) is 4. The molecule has 3 unspecified atom stereocenters. The summed E-state index contributed by atoms with van der Waals surface area (Å²) >= 11 is 0. The Hall–Kier alpha value is -0.840. The molecule has 0 radical (unpaired) electrons. The van der Waals surface area contributed by atoms with Gasteiger partial charge in [0.15, 0.2) is 0 Å². The summed E-state index contributed by atoms with van der Waals surface area (Å²) in [5, 5.41) is 13.6. The fourth-order valence-corrected chi connectivity index (χ4v) is 1.97. The van der Waals surface area contributed by atoms with E-state index in [0.717, 1.165) is 5.56 Å². The first-order valence-electron chi connectivity index (χ1n) is 5.71. The Labute approximate surface area is 95.6 Å². The molecule has 16 heavy (non-hydrogen) atoms. The van der Waals surface area contributed by atoms with E-state index in [2.05, 4.69) is 12.2 Å². The van der Waals surface area contributed by atoms with E-state index < -0.39 is 5.60 Å². The van der Waals surface area contributed by atoms with Gasteiger partial charge in [-0.05, 0) is 19.9 Å². The largest absolute Gasteiger partial charge is 0.472 e. The van der Waals surface area contributed by atoms with Crippen LogP contribution in [0.4, 0.5) is 0 Å². The van der Waals surface area contributed by atoms with Gasteiger partial charge in [-0.1, -0.05) is 0 Å². The summed E-state index contributed by atoms with van der Waals surface area (Å²) in [5.41, 5.74) is 0.355. The van der Waals surface area contributed by atoms with E-state index in [9.17, 15) is 5.11 Å². The molecule has 1 aromatic heterocycles. The predicted octanol–water partition coefficient (Wildman–Crippen LogP) is 1.47. The van der Waals surface area contributed by atoms with Crippen molar-refractivity contribution in [1.82, 2.24) is 5.32 Å². The van der Waals surface area contributed by atoms with Gasteiger partial charge in [0, 0.05) is 31.2 Å². The average molecular weight is 225 g/mol. The van der Waals surface area contributed by atoms with Crippen molar-refractivity contribution in [1.29, 1.82) is 0 Å². The summed E-state index contributed by atoms with van der Waals surface area (Å²) in [5.74, 6) is 0. The van der Waals surface area contributed by atoms with Crippen LogP contribution in [-0.2, 0) is 4.74 Å². The molecule has 0 bridgehead atoms. The van der Waals surface area contributed by atoms with Crippen LogP contribution in [0.5, 0.6) is 0 Å². The lowest BCUT2D eigenvalue weighted by Gasteiger charge is -2.27. The maximum Gasteiger partial charge on any atom is 0.105 e. The highest BCUT2D eigenvalue weighted by molar-refractivity contribution is 5.10. The van der Waals surface area contributed by atoms with Crippen molar-refractivity contribution in [2.24, 2.45) is 0 Å². The summed E-state index contributed by atoms with van der Waals surface area (Å²) in [6, 6.07) is 2.10. The Morgan fingerprint density at radius 1 is 1.69 bits per heavy atom. The SMILES string of the molecule is CC(NCC1(O)CCOC1C)c1ccoc1. The van der Waals surface area contributed by atoms with E-state index in [0.29, 0.717) is 19.6 Å². The van der Waals surface area contributed by atoms with E-state index in [4.69, 9.17) is 9.15 Å². The molecular weight excluding hydrogens is 206 g/mol. The van der Waals surface area contributed by atoms with E-state index in [1.807, 2.05) is 13.0 Å². The van der Waals surface area contributed by atoms with Gasteiger partial charge in [-0.15, -0.1) is 0 Å². The minimum absolute atomic E-state index is 0.100. The molecule has 2 rings (SSSR count). The highest BCUT2D eigenvalue weighted by Crippen LogP contribution is 2.25. The molecule has 0 amide bonds. The van der Waals surface area contributed by atoms with Crippen molar-refractivity contribution in [3.05, 3.63) is 24.2 Å². The topological polar surface area (TPSA) is 54.6 Å². The first-order valence-corrected chi connectivity index (χ1v) is 5.71. The van der Waals surface area contributed by atoms with Gasteiger partial charge in [-0.2, -0.15) is 0 Å². The van der Waals surface area contributed by atoms with Gasteiger partial charge >= 0.3 is 0 Å². The van der Waals surface area contributed by atoms with Gasteiger partial charge in [0.05, 0.1) is 18.6 Å². The Kier molecular flexibility index (Phi) is 3.33. The fraction of sp³-hybridized carbons (Fsp3) is 0.667. The van der Waals surface area contributed by atoms with Crippen LogP contribution in [0.1, 0.15) is 31.9 Å². The van der Waals surface area contributed by atoms with Crippen LogP contribution in [0.2, 0.25) is 0 Å². The second-order valence-electron chi connectivity index (χ2n) is 4.53. The Morgan fingerprint density at radius 2 is 2.50 bits per heavy atom. The fourth-order valence-electron chi connectivity index (χ4n) is 1.97. The van der Waals surface area contributed by atoms with E-state index in [1.165, 1.54) is 0 Å². The Balaban J connectivity index is 1.87. The molecule has 1 saturated heterocycles. The molecule has 4 heteroatoms.